The van der Waals surface area contributed by atoms with Crippen LogP contribution in [0, 0.1) is 0 Å². The first-order valence-corrected chi connectivity index (χ1v) is 5.70. The highest BCUT2D eigenvalue weighted by atomic mass is 19.4. The van der Waals surface area contributed by atoms with Crippen LogP contribution < -0.4 is 10.6 Å². The SMILES string of the molecule is O=C(CCOCC(F)(F)F)NCC1COCCN1. The van der Waals surface area contributed by atoms with E-state index in [9.17, 15) is 18.0 Å². The van der Waals surface area contributed by atoms with E-state index in [1.54, 1.807) is 0 Å². The van der Waals surface area contributed by atoms with Crippen molar-refractivity contribution >= 4 is 5.91 Å². The molecule has 5 nitrogen and oxygen atoms in total. The van der Waals surface area contributed by atoms with Gasteiger partial charge in [-0.25, -0.2) is 0 Å². The average molecular weight is 270 g/mol. The Hall–Kier alpha value is -0.860. The largest absolute Gasteiger partial charge is 0.411 e. The number of halogens is 3. The van der Waals surface area contributed by atoms with E-state index in [2.05, 4.69) is 15.4 Å². The maximum absolute atomic E-state index is 11.7. The maximum Gasteiger partial charge on any atom is 0.411 e. The van der Waals surface area contributed by atoms with E-state index >= 15 is 0 Å². The molecule has 1 unspecified atom stereocenters. The summed E-state index contributed by atoms with van der Waals surface area (Å²) in [6, 6.07) is 0.0544. The van der Waals surface area contributed by atoms with E-state index in [-0.39, 0.29) is 25.0 Å². The first kappa shape index (κ1) is 15.2. The van der Waals surface area contributed by atoms with Gasteiger partial charge in [-0.15, -0.1) is 0 Å². The standard InChI is InChI=1S/C10H17F3N2O3/c11-10(12,13)7-18-3-1-9(16)15-5-8-6-17-4-2-14-8/h8,14H,1-7H2,(H,15,16). The Morgan fingerprint density at radius 2 is 2.28 bits per heavy atom. The summed E-state index contributed by atoms with van der Waals surface area (Å²) in [6.45, 7) is 0.742. The van der Waals surface area contributed by atoms with Gasteiger partial charge < -0.3 is 20.1 Å². The van der Waals surface area contributed by atoms with Gasteiger partial charge in [-0.2, -0.15) is 13.2 Å². The van der Waals surface area contributed by atoms with Crippen molar-refractivity contribution in [2.24, 2.45) is 0 Å². The highest BCUT2D eigenvalue weighted by Crippen LogP contribution is 2.14. The first-order chi connectivity index (χ1) is 8.47. The predicted molar refractivity (Wildman–Crippen MR) is 57.1 cm³/mol. The molecule has 0 radical (unpaired) electrons. The topological polar surface area (TPSA) is 59.6 Å². The Morgan fingerprint density at radius 1 is 1.50 bits per heavy atom. The number of morpholine rings is 1. The fourth-order valence-electron chi connectivity index (χ4n) is 1.43. The molecule has 0 aromatic heterocycles. The molecule has 0 aromatic carbocycles. The van der Waals surface area contributed by atoms with Crippen LogP contribution in [0.4, 0.5) is 13.2 Å². The van der Waals surface area contributed by atoms with E-state index in [4.69, 9.17) is 4.74 Å². The van der Waals surface area contributed by atoms with Gasteiger partial charge in [0.1, 0.15) is 6.61 Å². The second-order valence-electron chi connectivity index (χ2n) is 3.95. The van der Waals surface area contributed by atoms with Crippen LogP contribution in [-0.2, 0) is 14.3 Å². The molecule has 1 aliphatic heterocycles. The van der Waals surface area contributed by atoms with Crippen LogP contribution in [-0.4, -0.2) is 57.6 Å². The molecule has 1 atom stereocenters. The molecule has 0 saturated carbocycles. The minimum Gasteiger partial charge on any atom is -0.378 e. The number of ether oxygens (including phenoxy) is 2. The van der Waals surface area contributed by atoms with Crippen molar-refractivity contribution in [1.29, 1.82) is 0 Å². The third kappa shape index (κ3) is 7.46. The normalized spacial score (nSPS) is 20.7. The lowest BCUT2D eigenvalue weighted by molar-refractivity contribution is -0.174. The zero-order valence-electron chi connectivity index (χ0n) is 9.89. The number of hydrogen-bond donors (Lipinski definition) is 2. The predicted octanol–water partition coefficient (Wildman–Crippen LogP) is 0.0600. The minimum absolute atomic E-state index is 0.0544. The van der Waals surface area contributed by atoms with Crippen LogP contribution in [0.1, 0.15) is 6.42 Å². The lowest BCUT2D eigenvalue weighted by Crippen LogP contribution is -2.48. The molecule has 2 N–H and O–H groups in total. The van der Waals surface area contributed by atoms with Gasteiger partial charge in [0.15, 0.2) is 0 Å². The third-order valence-electron chi connectivity index (χ3n) is 2.28. The molecule has 8 heteroatoms. The second-order valence-corrected chi connectivity index (χ2v) is 3.95. The maximum atomic E-state index is 11.7. The minimum atomic E-state index is -4.35. The van der Waals surface area contributed by atoms with Crippen molar-refractivity contribution in [3.8, 4) is 0 Å². The number of alkyl halides is 3. The van der Waals surface area contributed by atoms with E-state index in [1.165, 1.54) is 0 Å². The zero-order valence-corrected chi connectivity index (χ0v) is 9.89. The number of carbonyl (C=O) groups is 1. The number of carbonyl (C=O) groups excluding carboxylic acids is 1. The van der Waals surface area contributed by atoms with Gasteiger partial charge in [-0.05, 0) is 0 Å². The molecule has 1 aliphatic rings. The molecular formula is C10H17F3N2O3. The summed E-state index contributed by atoms with van der Waals surface area (Å²) in [4.78, 5) is 11.3. The Kier molecular flexibility index (Phi) is 6.37. The zero-order chi connectivity index (χ0) is 13.4. The third-order valence-corrected chi connectivity index (χ3v) is 2.28. The molecule has 106 valence electrons. The van der Waals surface area contributed by atoms with E-state index < -0.39 is 12.8 Å². The van der Waals surface area contributed by atoms with Crippen molar-refractivity contribution < 1.29 is 27.4 Å². The Bertz CT molecular complexity index is 255. The molecule has 1 amide bonds. The van der Waals surface area contributed by atoms with Crippen LogP contribution in [0.5, 0.6) is 0 Å². The van der Waals surface area contributed by atoms with E-state index in [1.807, 2.05) is 0 Å². The molecular weight excluding hydrogens is 253 g/mol. The number of hydrogen-bond acceptors (Lipinski definition) is 4. The second kappa shape index (κ2) is 7.55. The molecule has 1 fully saturated rings. The summed E-state index contributed by atoms with van der Waals surface area (Å²) in [7, 11) is 0. The Labute approximate surface area is 103 Å². The monoisotopic (exact) mass is 270 g/mol. The summed E-state index contributed by atoms with van der Waals surface area (Å²) in [5.74, 6) is -0.329. The molecule has 18 heavy (non-hydrogen) atoms. The van der Waals surface area contributed by atoms with Crippen molar-refractivity contribution in [2.45, 2.75) is 18.6 Å². The number of amides is 1. The van der Waals surface area contributed by atoms with Gasteiger partial charge in [0.05, 0.1) is 19.8 Å². The van der Waals surface area contributed by atoms with Crippen molar-refractivity contribution in [1.82, 2.24) is 10.6 Å². The number of nitrogens with one attached hydrogen (secondary N) is 2. The van der Waals surface area contributed by atoms with Gasteiger partial charge in [0.2, 0.25) is 5.91 Å². The van der Waals surface area contributed by atoms with Crippen molar-refractivity contribution in [3.05, 3.63) is 0 Å². The first-order valence-electron chi connectivity index (χ1n) is 5.70. The summed E-state index contributed by atoms with van der Waals surface area (Å²) in [5, 5.41) is 5.75. The molecule has 0 bridgehead atoms. The fourth-order valence-corrected chi connectivity index (χ4v) is 1.43. The number of rotatable bonds is 6. The Balaban J connectivity index is 2.00. The van der Waals surface area contributed by atoms with E-state index in [0.29, 0.717) is 19.8 Å². The summed E-state index contributed by atoms with van der Waals surface area (Å²) >= 11 is 0. The van der Waals surface area contributed by atoms with Gasteiger partial charge in [0.25, 0.3) is 0 Å². The summed E-state index contributed by atoms with van der Waals surface area (Å²) in [5.41, 5.74) is 0. The van der Waals surface area contributed by atoms with Gasteiger partial charge in [0, 0.05) is 25.6 Å². The van der Waals surface area contributed by atoms with Crippen LogP contribution >= 0.6 is 0 Å². The lowest BCUT2D eigenvalue weighted by atomic mass is 10.2. The van der Waals surface area contributed by atoms with Gasteiger partial charge >= 0.3 is 6.18 Å². The van der Waals surface area contributed by atoms with Crippen molar-refractivity contribution in [2.75, 3.05) is 39.5 Å². The molecule has 1 saturated heterocycles. The van der Waals surface area contributed by atoms with Crippen LogP contribution in [0.25, 0.3) is 0 Å². The van der Waals surface area contributed by atoms with E-state index in [0.717, 1.165) is 6.54 Å². The van der Waals surface area contributed by atoms with Crippen molar-refractivity contribution in [3.63, 3.8) is 0 Å². The quantitative estimate of drug-likeness (QED) is 0.670. The van der Waals surface area contributed by atoms with Crippen LogP contribution in [0.15, 0.2) is 0 Å². The van der Waals surface area contributed by atoms with Crippen LogP contribution in [0.2, 0.25) is 0 Å². The summed E-state index contributed by atoms with van der Waals surface area (Å²) < 4.78 is 44.7. The highest BCUT2D eigenvalue weighted by molar-refractivity contribution is 5.75. The smallest absolute Gasteiger partial charge is 0.378 e. The van der Waals surface area contributed by atoms with Gasteiger partial charge in [-0.3, -0.25) is 4.79 Å². The fraction of sp³-hybridized carbons (Fsp3) is 0.900. The molecule has 0 spiro atoms. The average Bonchev–Trinajstić information content (AvgIpc) is 2.32. The molecule has 1 heterocycles. The molecule has 0 aromatic rings. The van der Waals surface area contributed by atoms with Crippen LogP contribution in [0.3, 0.4) is 0 Å². The van der Waals surface area contributed by atoms with Gasteiger partial charge in [-0.1, -0.05) is 0 Å². The lowest BCUT2D eigenvalue weighted by Gasteiger charge is -2.23. The summed E-state index contributed by atoms with van der Waals surface area (Å²) in [6.07, 6.45) is -4.43. The molecule has 0 aliphatic carbocycles. The highest BCUT2D eigenvalue weighted by Gasteiger charge is 2.27. The Morgan fingerprint density at radius 3 is 2.89 bits per heavy atom. The molecule has 1 rings (SSSR count).